The van der Waals surface area contributed by atoms with Gasteiger partial charge in [0.05, 0.1) is 5.69 Å². The van der Waals surface area contributed by atoms with Crippen molar-refractivity contribution < 1.29 is 9.53 Å². The van der Waals surface area contributed by atoms with E-state index < -0.39 is 0 Å². The van der Waals surface area contributed by atoms with E-state index in [0.29, 0.717) is 5.92 Å². The van der Waals surface area contributed by atoms with Crippen LogP contribution in [-0.4, -0.2) is 19.1 Å². The number of nitrogens with zero attached hydrogens (tertiary/aromatic N) is 1. The number of hydrogen-bond acceptors (Lipinski definition) is 2. The first-order chi connectivity index (χ1) is 8.84. The molecule has 1 aromatic carbocycles. The summed E-state index contributed by atoms with van der Waals surface area (Å²) >= 11 is 0. The Bertz CT molecular complexity index is 438. The van der Waals surface area contributed by atoms with Crippen LogP contribution in [0.2, 0.25) is 0 Å². The highest BCUT2D eigenvalue weighted by molar-refractivity contribution is 5.97. The summed E-state index contributed by atoms with van der Waals surface area (Å²) < 4.78 is 5.46. The molecule has 1 saturated carbocycles. The van der Waals surface area contributed by atoms with E-state index in [1.807, 2.05) is 29.2 Å². The molecule has 2 aliphatic rings. The van der Waals surface area contributed by atoms with Crippen molar-refractivity contribution in [3.8, 4) is 5.75 Å². The molecule has 0 radical (unpaired) electrons. The highest BCUT2D eigenvalue weighted by Gasteiger charge is 2.27. The predicted molar refractivity (Wildman–Crippen MR) is 70.9 cm³/mol. The number of carbonyl (C=O) groups excluding carboxylic acids is 1. The van der Waals surface area contributed by atoms with Gasteiger partial charge in [-0.1, -0.05) is 31.4 Å². The second kappa shape index (κ2) is 5.01. The fourth-order valence-corrected chi connectivity index (χ4v) is 2.98. The molecule has 1 amide bonds. The monoisotopic (exact) mass is 245 g/mol. The average molecular weight is 245 g/mol. The Morgan fingerprint density at radius 1 is 1.17 bits per heavy atom. The quantitative estimate of drug-likeness (QED) is 0.801. The van der Waals surface area contributed by atoms with Crippen molar-refractivity contribution in [3.63, 3.8) is 0 Å². The highest BCUT2D eigenvalue weighted by Crippen LogP contribution is 2.34. The molecule has 96 valence electrons. The van der Waals surface area contributed by atoms with Crippen LogP contribution in [0.1, 0.15) is 32.1 Å². The van der Waals surface area contributed by atoms with Gasteiger partial charge in [0.2, 0.25) is 0 Å². The maximum absolute atomic E-state index is 12.0. The first kappa shape index (κ1) is 11.6. The van der Waals surface area contributed by atoms with Crippen LogP contribution in [0.3, 0.4) is 0 Å². The van der Waals surface area contributed by atoms with Gasteiger partial charge in [0, 0.05) is 6.54 Å². The Morgan fingerprint density at radius 3 is 2.78 bits per heavy atom. The van der Waals surface area contributed by atoms with E-state index in [-0.39, 0.29) is 12.5 Å². The van der Waals surface area contributed by atoms with Gasteiger partial charge in [-0.3, -0.25) is 4.79 Å². The predicted octanol–water partition coefficient (Wildman–Crippen LogP) is 2.99. The van der Waals surface area contributed by atoms with Crippen LogP contribution in [0, 0.1) is 5.92 Å². The van der Waals surface area contributed by atoms with Crippen LogP contribution in [0.5, 0.6) is 5.75 Å². The lowest BCUT2D eigenvalue weighted by atomic mass is 9.88. The van der Waals surface area contributed by atoms with Crippen molar-refractivity contribution in [2.24, 2.45) is 5.92 Å². The zero-order chi connectivity index (χ0) is 12.4. The van der Waals surface area contributed by atoms with Gasteiger partial charge in [0.1, 0.15) is 5.75 Å². The molecular formula is C15H19NO2. The molecule has 0 unspecified atom stereocenters. The van der Waals surface area contributed by atoms with E-state index in [9.17, 15) is 4.79 Å². The minimum atomic E-state index is 0.0965. The lowest BCUT2D eigenvalue weighted by molar-refractivity contribution is -0.121. The van der Waals surface area contributed by atoms with E-state index in [0.717, 1.165) is 18.0 Å². The zero-order valence-corrected chi connectivity index (χ0v) is 10.6. The van der Waals surface area contributed by atoms with Crippen molar-refractivity contribution in [2.45, 2.75) is 32.1 Å². The van der Waals surface area contributed by atoms with E-state index in [2.05, 4.69) is 0 Å². The van der Waals surface area contributed by atoms with Crippen molar-refractivity contribution in [3.05, 3.63) is 24.3 Å². The highest BCUT2D eigenvalue weighted by atomic mass is 16.5. The third-order valence-corrected chi connectivity index (χ3v) is 3.97. The summed E-state index contributed by atoms with van der Waals surface area (Å²) in [5, 5.41) is 0. The van der Waals surface area contributed by atoms with Crippen LogP contribution in [-0.2, 0) is 4.79 Å². The molecule has 3 heteroatoms. The fourth-order valence-electron chi connectivity index (χ4n) is 2.98. The van der Waals surface area contributed by atoms with Gasteiger partial charge in [-0.15, -0.1) is 0 Å². The van der Waals surface area contributed by atoms with E-state index >= 15 is 0 Å². The maximum Gasteiger partial charge on any atom is 0.265 e. The standard InChI is InChI=1S/C15H19NO2/c17-15-11-18-14-9-5-4-8-13(14)16(15)10-12-6-2-1-3-7-12/h4-5,8-9,12H,1-3,6-7,10-11H2. The Kier molecular flexibility index (Phi) is 3.22. The number of benzene rings is 1. The molecule has 1 heterocycles. The number of anilines is 1. The van der Waals surface area contributed by atoms with E-state index in [1.165, 1.54) is 32.1 Å². The number of carbonyl (C=O) groups is 1. The van der Waals surface area contributed by atoms with Crippen molar-refractivity contribution >= 4 is 11.6 Å². The second-order valence-electron chi connectivity index (χ2n) is 5.26. The molecule has 1 aliphatic carbocycles. The summed E-state index contributed by atoms with van der Waals surface area (Å²) in [6, 6.07) is 7.84. The van der Waals surface area contributed by atoms with Gasteiger partial charge in [-0.2, -0.15) is 0 Å². The first-order valence-electron chi connectivity index (χ1n) is 6.87. The van der Waals surface area contributed by atoms with Crippen molar-refractivity contribution in [2.75, 3.05) is 18.1 Å². The third-order valence-electron chi connectivity index (χ3n) is 3.97. The lowest BCUT2D eigenvalue weighted by Gasteiger charge is -2.33. The molecule has 3 nitrogen and oxygen atoms in total. The number of para-hydroxylation sites is 2. The summed E-state index contributed by atoms with van der Waals surface area (Å²) in [6.07, 6.45) is 6.49. The number of amides is 1. The maximum atomic E-state index is 12.0. The van der Waals surface area contributed by atoms with E-state index in [1.54, 1.807) is 0 Å². The summed E-state index contributed by atoms with van der Waals surface area (Å²) in [6.45, 7) is 1.04. The van der Waals surface area contributed by atoms with Crippen LogP contribution in [0.4, 0.5) is 5.69 Å². The largest absolute Gasteiger partial charge is 0.482 e. The van der Waals surface area contributed by atoms with Crippen LogP contribution >= 0.6 is 0 Å². The lowest BCUT2D eigenvalue weighted by Crippen LogP contribution is -2.42. The molecule has 18 heavy (non-hydrogen) atoms. The molecule has 1 aromatic rings. The summed E-state index contributed by atoms with van der Waals surface area (Å²) in [4.78, 5) is 14.0. The molecule has 0 atom stereocenters. The zero-order valence-electron chi connectivity index (χ0n) is 10.6. The number of hydrogen-bond donors (Lipinski definition) is 0. The van der Waals surface area contributed by atoms with Crippen LogP contribution in [0.15, 0.2) is 24.3 Å². The van der Waals surface area contributed by atoms with Crippen molar-refractivity contribution in [1.29, 1.82) is 0 Å². The Balaban J connectivity index is 1.79. The molecule has 0 spiro atoms. The molecule has 0 saturated heterocycles. The van der Waals surface area contributed by atoms with Gasteiger partial charge in [-0.05, 0) is 30.9 Å². The Morgan fingerprint density at radius 2 is 1.94 bits per heavy atom. The number of rotatable bonds is 2. The van der Waals surface area contributed by atoms with Gasteiger partial charge in [0.25, 0.3) is 5.91 Å². The van der Waals surface area contributed by atoms with Gasteiger partial charge in [-0.25, -0.2) is 0 Å². The molecule has 0 N–H and O–H groups in total. The summed E-state index contributed by atoms with van der Waals surface area (Å²) in [7, 11) is 0. The van der Waals surface area contributed by atoms with E-state index in [4.69, 9.17) is 4.74 Å². The van der Waals surface area contributed by atoms with Gasteiger partial charge >= 0.3 is 0 Å². The van der Waals surface area contributed by atoms with Gasteiger partial charge in [0.15, 0.2) is 6.61 Å². The minimum absolute atomic E-state index is 0.0965. The third kappa shape index (κ3) is 2.22. The van der Waals surface area contributed by atoms with Crippen LogP contribution < -0.4 is 9.64 Å². The second-order valence-corrected chi connectivity index (χ2v) is 5.26. The molecular weight excluding hydrogens is 226 g/mol. The van der Waals surface area contributed by atoms with Crippen molar-refractivity contribution in [1.82, 2.24) is 0 Å². The summed E-state index contributed by atoms with van der Waals surface area (Å²) in [5.74, 6) is 1.60. The molecule has 3 rings (SSSR count). The molecule has 0 aromatic heterocycles. The SMILES string of the molecule is O=C1COc2ccccc2N1CC1CCCCC1. The minimum Gasteiger partial charge on any atom is -0.482 e. The smallest absolute Gasteiger partial charge is 0.265 e. The number of ether oxygens (including phenoxy) is 1. The Hall–Kier alpha value is -1.51. The Labute approximate surface area is 108 Å². The summed E-state index contributed by atoms with van der Waals surface area (Å²) in [5.41, 5.74) is 0.944. The molecule has 1 fully saturated rings. The fraction of sp³-hybridized carbons (Fsp3) is 0.533. The molecule has 0 bridgehead atoms. The normalized spacial score (nSPS) is 20.4. The van der Waals surface area contributed by atoms with Gasteiger partial charge < -0.3 is 9.64 Å². The topological polar surface area (TPSA) is 29.5 Å². The van der Waals surface area contributed by atoms with Crippen LogP contribution in [0.25, 0.3) is 0 Å². The molecule has 1 aliphatic heterocycles. The average Bonchev–Trinajstić information content (AvgIpc) is 2.43. The number of fused-ring (bicyclic) bond motifs is 1. The first-order valence-corrected chi connectivity index (χ1v) is 6.87.